The molecule has 0 fully saturated rings. The van der Waals surface area contributed by atoms with Crippen molar-refractivity contribution in [3.05, 3.63) is 56.2 Å². The third-order valence-electron chi connectivity index (χ3n) is 4.34. The molecule has 0 saturated carbocycles. The molecule has 138 valence electrons. The minimum Gasteiger partial charge on any atom is -0.497 e. The second-order valence-electron chi connectivity index (χ2n) is 6.18. The summed E-state index contributed by atoms with van der Waals surface area (Å²) in [6, 6.07) is 9.51. The fraction of sp³-hybridized carbons (Fsp3) is 0.389. The van der Waals surface area contributed by atoms with Crippen molar-refractivity contribution in [1.29, 1.82) is 5.26 Å². The van der Waals surface area contributed by atoms with E-state index in [9.17, 15) is 14.9 Å². The van der Waals surface area contributed by atoms with Crippen LogP contribution in [0.5, 0.6) is 5.75 Å². The van der Waals surface area contributed by atoms with Crippen molar-refractivity contribution in [2.75, 3.05) is 33.1 Å². The maximum absolute atomic E-state index is 12.2. The van der Waals surface area contributed by atoms with Crippen molar-refractivity contribution < 1.29 is 4.74 Å². The van der Waals surface area contributed by atoms with Crippen LogP contribution in [-0.2, 0) is 14.1 Å². The van der Waals surface area contributed by atoms with Crippen molar-refractivity contribution in [2.24, 2.45) is 14.1 Å². The van der Waals surface area contributed by atoms with Crippen molar-refractivity contribution in [2.45, 2.75) is 6.04 Å². The highest BCUT2D eigenvalue weighted by atomic mass is 16.5. The van der Waals surface area contributed by atoms with Gasteiger partial charge in [-0.1, -0.05) is 12.1 Å². The molecule has 1 aromatic heterocycles. The lowest BCUT2D eigenvalue weighted by Crippen LogP contribution is -2.40. The van der Waals surface area contributed by atoms with E-state index in [1.54, 1.807) is 7.11 Å². The van der Waals surface area contributed by atoms with Crippen LogP contribution in [0.25, 0.3) is 0 Å². The van der Waals surface area contributed by atoms with Gasteiger partial charge in [0.25, 0.3) is 5.56 Å². The van der Waals surface area contributed by atoms with Gasteiger partial charge >= 0.3 is 5.69 Å². The Kier molecular flexibility index (Phi) is 5.85. The summed E-state index contributed by atoms with van der Waals surface area (Å²) in [6.07, 6.45) is 0. The summed E-state index contributed by atoms with van der Waals surface area (Å²) < 4.78 is 7.48. The summed E-state index contributed by atoms with van der Waals surface area (Å²) in [4.78, 5) is 26.4. The highest BCUT2D eigenvalue weighted by molar-refractivity contribution is 5.51. The SMILES string of the molecule is COc1cccc(C(CNc2c(C#N)c(=O)n(C)c(=O)n2C)N(C)C)c1. The van der Waals surface area contributed by atoms with Gasteiger partial charge in [0.05, 0.1) is 13.2 Å². The Labute approximate surface area is 151 Å². The molecule has 1 atom stereocenters. The summed E-state index contributed by atoms with van der Waals surface area (Å²) in [5.74, 6) is 0.961. The first-order chi connectivity index (χ1) is 12.3. The largest absolute Gasteiger partial charge is 0.497 e. The Morgan fingerprint density at radius 2 is 1.96 bits per heavy atom. The fourth-order valence-electron chi connectivity index (χ4n) is 2.79. The third-order valence-corrected chi connectivity index (χ3v) is 4.34. The van der Waals surface area contributed by atoms with Crippen LogP contribution < -0.4 is 21.3 Å². The topological polar surface area (TPSA) is 92.3 Å². The lowest BCUT2D eigenvalue weighted by atomic mass is 10.1. The number of nitriles is 1. The van der Waals surface area contributed by atoms with Crippen molar-refractivity contribution in [3.63, 3.8) is 0 Å². The number of aromatic nitrogens is 2. The highest BCUT2D eigenvalue weighted by Gasteiger charge is 2.19. The Bertz CT molecular complexity index is 953. The molecular weight excluding hydrogens is 334 g/mol. The molecule has 0 amide bonds. The van der Waals surface area contributed by atoms with Crippen LogP contribution >= 0.6 is 0 Å². The van der Waals surface area contributed by atoms with Gasteiger partial charge in [0.1, 0.15) is 17.6 Å². The average molecular weight is 357 g/mol. The minimum absolute atomic E-state index is 0.0594. The van der Waals surface area contributed by atoms with E-state index >= 15 is 0 Å². The minimum atomic E-state index is -0.610. The number of benzene rings is 1. The Balaban J connectivity index is 2.41. The van der Waals surface area contributed by atoms with Crippen LogP contribution in [0.3, 0.4) is 0 Å². The van der Waals surface area contributed by atoms with Crippen molar-refractivity contribution in [1.82, 2.24) is 14.0 Å². The normalized spacial score (nSPS) is 11.9. The fourth-order valence-corrected chi connectivity index (χ4v) is 2.79. The molecule has 8 nitrogen and oxygen atoms in total. The van der Waals surface area contributed by atoms with Gasteiger partial charge in [-0.05, 0) is 31.8 Å². The number of likely N-dealkylation sites (N-methyl/N-ethyl adjacent to an activating group) is 1. The molecule has 26 heavy (non-hydrogen) atoms. The van der Waals surface area contributed by atoms with Gasteiger partial charge < -0.3 is 15.0 Å². The highest BCUT2D eigenvalue weighted by Crippen LogP contribution is 2.23. The van der Waals surface area contributed by atoms with Gasteiger partial charge in [0.2, 0.25) is 0 Å². The molecule has 0 radical (unpaired) electrons. The molecule has 8 heteroatoms. The van der Waals surface area contributed by atoms with E-state index < -0.39 is 11.2 Å². The summed E-state index contributed by atoms with van der Waals surface area (Å²) in [6.45, 7) is 0.398. The maximum Gasteiger partial charge on any atom is 0.332 e. The zero-order valence-electron chi connectivity index (χ0n) is 15.6. The number of rotatable bonds is 6. The summed E-state index contributed by atoms with van der Waals surface area (Å²) >= 11 is 0. The van der Waals surface area contributed by atoms with E-state index in [2.05, 4.69) is 5.32 Å². The first-order valence-corrected chi connectivity index (χ1v) is 8.06. The number of nitrogens with zero attached hydrogens (tertiary/aromatic N) is 4. The maximum atomic E-state index is 12.2. The molecule has 2 aromatic rings. The van der Waals surface area contributed by atoms with Gasteiger partial charge in [0.15, 0.2) is 5.56 Å². The van der Waals surface area contributed by atoms with E-state index in [4.69, 9.17) is 4.74 Å². The Morgan fingerprint density at radius 1 is 1.27 bits per heavy atom. The zero-order valence-corrected chi connectivity index (χ0v) is 15.6. The van der Waals surface area contributed by atoms with Crippen LogP contribution in [0.1, 0.15) is 17.2 Å². The predicted molar refractivity (Wildman–Crippen MR) is 99.6 cm³/mol. The number of nitrogens with one attached hydrogen (secondary N) is 1. The zero-order chi connectivity index (χ0) is 19.4. The third kappa shape index (κ3) is 3.63. The standard InChI is InChI=1S/C18H23N5O3/c1-21(2)15(12-7-6-8-13(9-12)26-5)11-20-16-14(10-19)17(24)23(4)18(25)22(16)3/h6-9,15,20H,11H2,1-5H3. The number of ether oxygens (including phenoxy) is 1. The van der Waals surface area contributed by atoms with Crippen LogP contribution in [0, 0.1) is 11.3 Å². The quantitative estimate of drug-likeness (QED) is 0.817. The monoisotopic (exact) mass is 357 g/mol. The molecule has 0 aliphatic rings. The van der Waals surface area contributed by atoms with E-state index in [0.29, 0.717) is 6.54 Å². The molecule has 0 bridgehead atoms. The molecule has 0 spiro atoms. The van der Waals surface area contributed by atoms with Crippen LogP contribution in [0.15, 0.2) is 33.9 Å². The number of anilines is 1. The lowest BCUT2D eigenvalue weighted by molar-refractivity contribution is 0.310. The Hall–Kier alpha value is -3.05. The van der Waals surface area contributed by atoms with E-state index in [1.807, 2.05) is 49.3 Å². The molecule has 1 N–H and O–H groups in total. The van der Waals surface area contributed by atoms with Gasteiger partial charge in [-0.25, -0.2) is 4.79 Å². The van der Waals surface area contributed by atoms with Crippen LogP contribution in [0.2, 0.25) is 0 Å². The first kappa shape index (κ1) is 19.3. The molecular formula is C18H23N5O3. The molecule has 0 aliphatic carbocycles. The predicted octanol–water partition coefficient (Wildman–Crippen LogP) is 0.679. The lowest BCUT2D eigenvalue weighted by Gasteiger charge is -2.26. The second-order valence-corrected chi connectivity index (χ2v) is 6.18. The van der Waals surface area contributed by atoms with Crippen molar-refractivity contribution in [3.8, 4) is 11.8 Å². The number of hydrogen-bond donors (Lipinski definition) is 1. The van der Waals surface area contributed by atoms with Gasteiger partial charge in [-0.15, -0.1) is 0 Å². The molecule has 1 unspecified atom stereocenters. The van der Waals surface area contributed by atoms with Crippen LogP contribution in [0.4, 0.5) is 5.82 Å². The smallest absolute Gasteiger partial charge is 0.332 e. The van der Waals surface area contributed by atoms with Gasteiger partial charge in [-0.2, -0.15) is 5.26 Å². The summed E-state index contributed by atoms with van der Waals surface area (Å²) in [7, 11) is 8.35. The Morgan fingerprint density at radius 3 is 2.54 bits per heavy atom. The van der Waals surface area contributed by atoms with Crippen LogP contribution in [-0.4, -0.2) is 41.8 Å². The molecule has 0 aliphatic heterocycles. The molecule has 1 aromatic carbocycles. The average Bonchev–Trinajstić information content (AvgIpc) is 2.64. The first-order valence-electron chi connectivity index (χ1n) is 8.06. The van der Waals surface area contributed by atoms with E-state index in [1.165, 1.54) is 18.7 Å². The number of methoxy groups -OCH3 is 1. The number of hydrogen-bond acceptors (Lipinski definition) is 6. The second kappa shape index (κ2) is 7.89. The summed E-state index contributed by atoms with van der Waals surface area (Å²) in [5.41, 5.74) is -0.174. The molecule has 2 rings (SSSR count). The molecule has 0 saturated heterocycles. The van der Waals surface area contributed by atoms with E-state index in [0.717, 1.165) is 15.9 Å². The van der Waals surface area contributed by atoms with Crippen molar-refractivity contribution >= 4 is 5.82 Å². The van der Waals surface area contributed by atoms with E-state index in [-0.39, 0.29) is 17.4 Å². The van der Waals surface area contributed by atoms with Gasteiger partial charge in [0, 0.05) is 20.6 Å². The summed E-state index contributed by atoms with van der Waals surface area (Å²) in [5, 5.41) is 12.5. The van der Waals surface area contributed by atoms with Gasteiger partial charge in [-0.3, -0.25) is 13.9 Å². The molecule has 1 heterocycles.